The summed E-state index contributed by atoms with van der Waals surface area (Å²) in [5.41, 5.74) is 3.85. The molecule has 0 atom stereocenters. The number of nitrogens with one attached hydrogen (secondary N) is 2. The van der Waals surface area contributed by atoms with Gasteiger partial charge in [0.1, 0.15) is 0 Å². The molecule has 0 aliphatic rings. The number of aromatic nitrogens is 1. The summed E-state index contributed by atoms with van der Waals surface area (Å²) >= 11 is 6.47. The maximum atomic E-state index is 12.3. The number of amides is 1. The molecule has 1 aromatic heterocycles. The first-order chi connectivity index (χ1) is 13.3. The van der Waals surface area contributed by atoms with E-state index < -0.39 is 4.92 Å². The van der Waals surface area contributed by atoms with Crippen LogP contribution in [0.3, 0.4) is 0 Å². The van der Waals surface area contributed by atoms with Crippen molar-refractivity contribution in [1.82, 2.24) is 10.3 Å². The number of anilines is 1. The molecule has 2 N–H and O–H groups in total. The van der Waals surface area contributed by atoms with Crippen LogP contribution in [0.1, 0.15) is 21.5 Å². The van der Waals surface area contributed by atoms with E-state index in [4.69, 9.17) is 12.2 Å². The lowest BCUT2D eigenvalue weighted by atomic mass is 10.1. The minimum atomic E-state index is -0.452. The Bertz CT molecular complexity index is 1080. The first-order valence-electron chi connectivity index (χ1n) is 8.23. The summed E-state index contributed by atoms with van der Waals surface area (Å²) in [6, 6.07) is 11.7. The van der Waals surface area contributed by atoms with Gasteiger partial charge in [-0.3, -0.25) is 20.2 Å². The summed E-state index contributed by atoms with van der Waals surface area (Å²) in [7, 11) is 0. The molecule has 0 saturated heterocycles. The lowest BCUT2D eigenvalue weighted by Gasteiger charge is -2.08. The molecular formula is C19H16N4O3S2. The van der Waals surface area contributed by atoms with Gasteiger partial charge in [-0.1, -0.05) is 18.2 Å². The molecule has 0 fully saturated rings. The van der Waals surface area contributed by atoms with E-state index in [1.54, 1.807) is 29.6 Å². The molecule has 2 aromatic carbocycles. The SMILES string of the molecule is Cc1ccc(C(=O)NC(=S)Nc2nc(-c3cccc([N+](=O)[O-])c3)cs2)cc1C. The number of hydrogen-bond donors (Lipinski definition) is 2. The van der Waals surface area contributed by atoms with E-state index in [1.165, 1.54) is 23.5 Å². The summed E-state index contributed by atoms with van der Waals surface area (Å²) in [6.07, 6.45) is 0. The summed E-state index contributed by atoms with van der Waals surface area (Å²) in [4.78, 5) is 27.2. The standard InChI is InChI=1S/C19H16N4O3S2/c1-11-6-7-14(8-12(11)2)17(24)21-18(27)22-19-20-16(10-28-19)13-4-3-5-15(9-13)23(25)26/h3-10H,1-2H3,(H2,20,21,22,24,27). The van der Waals surface area contributed by atoms with Crippen LogP contribution < -0.4 is 10.6 Å². The number of aryl methyl sites for hydroxylation is 2. The third kappa shape index (κ3) is 4.56. The van der Waals surface area contributed by atoms with Crippen LogP contribution >= 0.6 is 23.6 Å². The van der Waals surface area contributed by atoms with Crippen molar-refractivity contribution >= 4 is 45.4 Å². The molecule has 0 bridgehead atoms. The van der Waals surface area contributed by atoms with E-state index in [9.17, 15) is 14.9 Å². The fourth-order valence-corrected chi connectivity index (χ4v) is 3.41. The summed E-state index contributed by atoms with van der Waals surface area (Å²) in [5.74, 6) is -0.309. The van der Waals surface area contributed by atoms with Crippen molar-refractivity contribution in [3.05, 3.63) is 74.6 Å². The first kappa shape index (κ1) is 19.6. The number of hydrogen-bond acceptors (Lipinski definition) is 6. The van der Waals surface area contributed by atoms with Crippen LogP contribution in [0.5, 0.6) is 0 Å². The maximum Gasteiger partial charge on any atom is 0.270 e. The zero-order valence-electron chi connectivity index (χ0n) is 15.1. The highest BCUT2D eigenvalue weighted by Gasteiger charge is 2.12. The average molecular weight is 412 g/mol. The minimum Gasteiger partial charge on any atom is -0.308 e. The number of thiazole rings is 1. The van der Waals surface area contributed by atoms with Gasteiger partial charge in [-0.05, 0) is 49.3 Å². The Labute approximate surface area is 170 Å². The fraction of sp³-hybridized carbons (Fsp3) is 0.105. The smallest absolute Gasteiger partial charge is 0.270 e. The second kappa shape index (κ2) is 8.24. The van der Waals surface area contributed by atoms with Crippen LogP contribution in [0.2, 0.25) is 0 Å². The Morgan fingerprint density at radius 1 is 1.18 bits per heavy atom. The number of non-ortho nitro benzene ring substituents is 1. The average Bonchev–Trinajstić information content (AvgIpc) is 3.12. The van der Waals surface area contributed by atoms with E-state index >= 15 is 0 Å². The number of thiocarbonyl (C=S) groups is 1. The highest BCUT2D eigenvalue weighted by atomic mass is 32.1. The lowest BCUT2D eigenvalue weighted by Crippen LogP contribution is -2.34. The summed E-state index contributed by atoms with van der Waals surface area (Å²) in [5, 5.41) is 18.8. The molecule has 1 heterocycles. The molecule has 7 nitrogen and oxygen atoms in total. The molecular weight excluding hydrogens is 396 g/mol. The van der Waals surface area contributed by atoms with Gasteiger partial charge in [-0.15, -0.1) is 11.3 Å². The van der Waals surface area contributed by atoms with Gasteiger partial charge < -0.3 is 5.32 Å². The maximum absolute atomic E-state index is 12.3. The molecule has 3 aromatic rings. The second-order valence-corrected chi connectivity index (χ2v) is 7.32. The van der Waals surface area contributed by atoms with Gasteiger partial charge in [0.15, 0.2) is 10.2 Å². The van der Waals surface area contributed by atoms with Crippen LogP contribution in [0.4, 0.5) is 10.8 Å². The van der Waals surface area contributed by atoms with Crippen molar-refractivity contribution in [2.45, 2.75) is 13.8 Å². The highest BCUT2D eigenvalue weighted by molar-refractivity contribution is 7.80. The summed E-state index contributed by atoms with van der Waals surface area (Å²) in [6.45, 7) is 3.91. The Morgan fingerprint density at radius 3 is 2.68 bits per heavy atom. The number of benzene rings is 2. The van der Waals surface area contributed by atoms with Crippen LogP contribution in [-0.4, -0.2) is 20.9 Å². The quantitative estimate of drug-likeness (QED) is 0.373. The number of nitrogens with zero attached hydrogens (tertiary/aromatic N) is 2. The van der Waals surface area contributed by atoms with Crippen molar-refractivity contribution in [2.24, 2.45) is 0 Å². The van der Waals surface area contributed by atoms with E-state index in [0.717, 1.165) is 11.1 Å². The molecule has 142 valence electrons. The largest absolute Gasteiger partial charge is 0.308 e. The van der Waals surface area contributed by atoms with Gasteiger partial charge in [-0.2, -0.15) is 0 Å². The topological polar surface area (TPSA) is 97.2 Å². The molecule has 0 spiro atoms. The monoisotopic (exact) mass is 412 g/mol. The highest BCUT2D eigenvalue weighted by Crippen LogP contribution is 2.27. The summed E-state index contributed by atoms with van der Waals surface area (Å²) < 4.78 is 0. The third-order valence-electron chi connectivity index (χ3n) is 4.07. The van der Waals surface area contributed by atoms with Crippen molar-refractivity contribution in [3.63, 3.8) is 0 Å². The molecule has 0 saturated carbocycles. The van der Waals surface area contributed by atoms with Gasteiger partial charge in [0.2, 0.25) is 0 Å². The molecule has 0 aliphatic carbocycles. The molecule has 3 rings (SSSR count). The Morgan fingerprint density at radius 2 is 1.96 bits per heavy atom. The fourth-order valence-electron chi connectivity index (χ4n) is 2.43. The Kier molecular flexibility index (Phi) is 5.76. The molecule has 28 heavy (non-hydrogen) atoms. The predicted octanol–water partition coefficient (Wildman–Crippen LogP) is 4.46. The third-order valence-corrected chi connectivity index (χ3v) is 5.04. The molecule has 9 heteroatoms. The van der Waals surface area contributed by atoms with E-state index in [0.29, 0.717) is 22.0 Å². The normalized spacial score (nSPS) is 10.4. The van der Waals surface area contributed by atoms with E-state index in [2.05, 4.69) is 15.6 Å². The second-order valence-electron chi connectivity index (χ2n) is 6.05. The molecule has 0 aliphatic heterocycles. The van der Waals surface area contributed by atoms with Crippen LogP contribution in [0.25, 0.3) is 11.3 Å². The lowest BCUT2D eigenvalue weighted by molar-refractivity contribution is -0.384. The van der Waals surface area contributed by atoms with Gasteiger partial charge in [0.05, 0.1) is 10.6 Å². The zero-order valence-corrected chi connectivity index (χ0v) is 16.7. The van der Waals surface area contributed by atoms with Gasteiger partial charge >= 0.3 is 0 Å². The van der Waals surface area contributed by atoms with Crippen molar-refractivity contribution in [2.75, 3.05) is 5.32 Å². The zero-order chi connectivity index (χ0) is 20.3. The van der Waals surface area contributed by atoms with E-state index in [-0.39, 0.29) is 16.7 Å². The van der Waals surface area contributed by atoms with E-state index in [1.807, 2.05) is 19.9 Å². The van der Waals surface area contributed by atoms with Crippen LogP contribution in [-0.2, 0) is 0 Å². The van der Waals surface area contributed by atoms with Crippen molar-refractivity contribution in [3.8, 4) is 11.3 Å². The minimum absolute atomic E-state index is 0.00353. The van der Waals surface area contributed by atoms with Crippen molar-refractivity contribution in [1.29, 1.82) is 0 Å². The first-order valence-corrected chi connectivity index (χ1v) is 9.52. The van der Waals surface area contributed by atoms with Gasteiger partial charge in [-0.25, -0.2) is 4.98 Å². The van der Waals surface area contributed by atoms with Crippen LogP contribution in [0, 0.1) is 24.0 Å². The number of nitro groups is 1. The van der Waals surface area contributed by atoms with Crippen molar-refractivity contribution < 1.29 is 9.72 Å². The van der Waals surface area contributed by atoms with Crippen LogP contribution in [0.15, 0.2) is 47.8 Å². The number of rotatable bonds is 4. The Balaban J connectivity index is 1.67. The van der Waals surface area contributed by atoms with Gasteiger partial charge in [0, 0.05) is 28.6 Å². The van der Waals surface area contributed by atoms with Gasteiger partial charge in [0.25, 0.3) is 11.6 Å². The number of carbonyl (C=O) groups is 1. The Hall–Kier alpha value is -3.17. The molecule has 0 radical (unpaired) electrons. The number of carbonyl (C=O) groups excluding carboxylic acids is 1. The molecule has 0 unspecified atom stereocenters. The number of nitro benzene ring substituents is 1. The molecule has 1 amide bonds. The predicted molar refractivity (Wildman–Crippen MR) is 114 cm³/mol.